The van der Waals surface area contributed by atoms with E-state index in [1.165, 1.54) is 6.33 Å². The van der Waals surface area contributed by atoms with Crippen LogP contribution in [-0.4, -0.2) is 37.4 Å². The third-order valence-corrected chi connectivity index (χ3v) is 2.80. The van der Waals surface area contributed by atoms with E-state index in [1.54, 1.807) is 12.1 Å². The molecule has 1 aromatic carbocycles. The van der Waals surface area contributed by atoms with Gasteiger partial charge in [0.25, 0.3) is 0 Å². The number of aromatic amines is 1. The van der Waals surface area contributed by atoms with Crippen LogP contribution in [0.2, 0.25) is 0 Å². The van der Waals surface area contributed by atoms with Crippen LogP contribution in [-0.2, 0) is 6.54 Å². The fourth-order valence-electron chi connectivity index (χ4n) is 1.82. The molecule has 0 radical (unpaired) electrons. The number of hydrogen-bond acceptors (Lipinski definition) is 7. The Kier molecular flexibility index (Phi) is 5.17. The Hall–Kier alpha value is -2.78. The van der Waals surface area contributed by atoms with Gasteiger partial charge in [0, 0.05) is 13.7 Å². The summed E-state index contributed by atoms with van der Waals surface area (Å²) in [6, 6.07) is 7.10. The molecule has 3 aromatic rings. The number of fused-ring (bicyclic) bond motifs is 1. The molecule has 2 aromatic heterocycles. The van der Waals surface area contributed by atoms with Crippen molar-refractivity contribution in [3.63, 3.8) is 0 Å². The fraction of sp³-hybridized carbons (Fsp3) is 0.154. The van der Waals surface area contributed by atoms with Gasteiger partial charge in [-0.05, 0) is 17.7 Å². The average Bonchev–Trinajstić information content (AvgIpc) is 3.03. The van der Waals surface area contributed by atoms with Crippen LogP contribution in [0.3, 0.4) is 0 Å². The Balaban J connectivity index is 0.000000847. The maximum atomic E-state index is 13.2. The molecule has 0 aliphatic carbocycles. The van der Waals surface area contributed by atoms with Crippen LogP contribution >= 0.6 is 0 Å². The summed E-state index contributed by atoms with van der Waals surface area (Å²) in [6.45, 7) is 0.455. The van der Waals surface area contributed by atoms with E-state index in [2.05, 4.69) is 30.7 Å². The molecular formula is C13H15FN6O2. The zero-order valence-corrected chi connectivity index (χ0v) is 11.7. The number of hydrogen-bond donors (Lipinski definition) is 5. The number of halogens is 1. The maximum Gasteiger partial charge on any atom is 0.312 e. The molecule has 0 saturated heterocycles. The number of aliphatic hydroxyl groups is 1. The molecule has 0 aliphatic rings. The highest BCUT2D eigenvalue weighted by Gasteiger charge is 2.09. The highest BCUT2D eigenvalue weighted by atomic mass is 19.1. The zero-order valence-electron chi connectivity index (χ0n) is 11.7. The Morgan fingerprint density at radius 3 is 2.59 bits per heavy atom. The highest BCUT2D eigenvalue weighted by molar-refractivity contribution is 5.81. The van der Waals surface area contributed by atoms with Crippen molar-refractivity contribution in [3.05, 3.63) is 42.2 Å². The first-order valence-corrected chi connectivity index (χ1v) is 6.30. The number of anilines is 2. The van der Waals surface area contributed by atoms with Gasteiger partial charge in [0.1, 0.15) is 5.52 Å². The summed E-state index contributed by atoms with van der Waals surface area (Å²) in [7, 11) is 1.00. The molecule has 0 unspecified atom stereocenters. The molecule has 0 atom stereocenters. The van der Waals surface area contributed by atoms with Crippen LogP contribution in [0.1, 0.15) is 5.56 Å². The lowest BCUT2D eigenvalue weighted by molar-refractivity contribution is 0.389. The predicted octanol–water partition coefficient (Wildman–Crippen LogP) is 1.51. The first-order valence-electron chi connectivity index (χ1n) is 6.30. The summed E-state index contributed by atoms with van der Waals surface area (Å²) in [5.41, 5.74) is 4.44. The number of H-pyrrole nitrogens is 1. The molecule has 2 heterocycles. The summed E-state index contributed by atoms with van der Waals surface area (Å²) in [6.07, 6.45) is 0.609. The normalized spacial score (nSPS) is 10.0. The lowest BCUT2D eigenvalue weighted by Crippen LogP contribution is -2.04. The average molecular weight is 306 g/mol. The molecule has 0 aliphatic heterocycles. The van der Waals surface area contributed by atoms with Crippen molar-refractivity contribution >= 4 is 22.7 Å². The van der Waals surface area contributed by atoms with E-state index in [4.69, 9.17) is 10.3 Å². The summed E-state index contributed by atoms with van der Waals surface area (Å²) < 4.78 is 13.2. The van der Waals surface area contributed by atoms with Gasteiger partial charge in [-0.3, -0.25) is 10.7 Å². The van der Waals surface area contributed by atoms with Crippen LogP contribution in [0.25, 0.3) is 11.2 Å². The Morgan fingerprint density at radius 2 is 1.91 bits per heavy atom. The Morgan fingerprint density at radius 1 is 1.18 bits per heavy atom. The minimum absolute atomic E-state index is 0.278. The number of aromatic nitrogens is 4. The molecule has 0 bridgehead atoms. The second kappa shape index (κ2) is 7.29. The molecule has 0 saturated carbocycles. The van der Waals surface area contributed by atoms with Gasteiger partial charge in [0.05, 0.1) is 12.0 Å². The SMILES string of the molecule is CO.ONc1ccc(CNc2nc(F)nc3nc[nH]c23)cc1. The van der Waals surface area contributed by atoms with Gasteiger partial charge in [-0.25, -0.2) is 4.98 Å². The summed E-state index contributed by atoms with van der Waals surface area (Å²) >= 11 is 0. The molecular weight excluding hydrogens is 291 g/mol. The van der Waals surface area contributed by atoms with Crippen molar-refractivity contribution in [1.82, 2.24) is 19.9 Å². The molecule has 0 amide bonds. The van der Waals surface area contributed by atoms with E-state index in [1.807, 2.05) is 12.1 Å². The lowest BCUT2D eigenvalue weighted by atomic mass is 10.2. The van der Waals surface area contributed by atoms with Crippen molar-refractivity contribution in [2.45, 2.75) is 6.54 Å². The van der Waals surface area contributed by atoms with Crippen molar-refractivity contribution in [2.75, 3.05) is 17.9 Å². The van der Waals surface area contributed by atoms with E-state index in [-0.39, 0.29) is 5.65 Å². The molecule has 0 spiro atoms. The summed E-state index contributed by atoms with van der Waals surface area (Å²) in [4.78, 5) is 14.0. The van der Waals surface area contributed by atoms with Gasteiger partial charge in [-0.2, -0.15) is 14.4 Å². The smallest absolute Gasteiger partial charge is 0.312 e. The third-order valence-electron chi connectivity index (χ3n) is 2.80. The zero-order chi connectivity index (χ0) is 15.9. The molecule has 22 heavy (non-hydrogen) atoms. The topological polar surface area (TPSA) is 119 Å². The van der Waals surface area contributed by atoms with E-state index < -0.39 is 6.08 Å². The van der Waals surface area contributed by atoms with Crippen molar-refractivity contribution in [2.24, 2.45) is 0 Å². The quantitative estimate of drug-likeness (QED) is 0.366. The van der Waals surface area contributed by atoms with Gasteiger partial charge in [0.15, 0.2) is 11.5 Å². The standard InChI is InChI=1S/C12H11FN6O.CH4O/c13-12-17-10(9-11(18-12)16-6-15-9)14-5-7-1-3-8(19-20)4-2-7;1-2/h1-4,6,19-20H,5H2,(H2,14,15,16,17,18);2H,1H3. The van der Waals surface area contributed by atoms with Crippen molar-refractivity contribution < 1.29 is 14.7 Å². The Labute approximate surface area is 125 Å². The van der Waals surface area contributed by atoms with Gasteiger partial charge in [-0.1, -0.05) is 12.1 Å². The molecule has 3 rings (SSSR count). The van der Waals surface area contributed by atoms with Crippen LogP contribution in [0.15, 0.2) is 30.6 Å². The number of imidazole rings is 1. The van der Waals surface area contributed by atoms with Gasteiger partial charge in [0.2, 0.25) is 0 Å². The predicted molar refractivity (Wildman–Crippen MR) is 79.0 cm³/mol. The van der Waals surface area contributed by atoms with E-state index in [0.717, 1.165) is 12.7 Å². The largest absolute Gasteiger partial charge is 0.400 e. The fourth-order valence-corrected chi connectivity index (χ4v) is 1.82. The highest BCUT2D eigenvalue weighted by Crippen LogP contribution is 2.17. The Bertz CT molecular complexity index is 731. The van der Waals surface area contributed by atoms with Crippen LogP contribution in [0.4, 0.5) is 15.9 Å². The van der Waals surface area contributed by atoms with E-state index in [0.29, 0.717) is 23.6 Å². The number of nitrogens with one attached hydrogen (secondary N) is 3. The van der Waals surface area contributed by atoms with E-state index in [9.17, 15) is 4.39 Å². The minimum Gasteiger partial charge on any atom is -0.400 e. The van der Waals surface area contributed by atoms with Gasteiger partial charge >= 0.3 is 6.08 Å². The van der Waals surface area contributed by atoms with Crippen LogP contribution < -0.4 is 10.8 Å². The minimum atomic E-state index is -0.827. The summed E-state index contributed by atoms with van der Waals surface area (Å²) in [5.74, 6) is 0.356. The second-order valence-corrected chi connectivity index (χ2v) is 4.10. The second-order valence-electron chi connectivity index (χ2n) is 4.10. The molecule has 9 heteroatoms. The van der Waals surface area contributed by atoms with Crippen LogP contribution in [0, 0.1) is 6.08 Å². The van der Waals surface area contributed by atoms with E-state index >= 15 is 0 Å². The molecule has 0 fully saturated rings. The first kappa shape index (κ1) is 15.6. The van der Waals surface area contributed by atoms with Gasteiger partial charge < -0.3 is 15.4 Å². The third kappa shape index (κ3) is 3.45. The van der Waals surface area contributed by atoms with Gasteiger partial charge in [-0.15, -0.1) is 0 Å². The summed E-state index contributed by atoms with van der Waals surface area (Å²) in [5, 5.41) is 18.7. The van der Waals surface area contributed by atoms with Crippen molar-refractivity contribution in [1.29, 1.82) is 0 Å². The van der Waals surface area contributed by atoms with Crippen LogP contribution in [0.5, 0.6) is 0 Å². The molecule has 116 valence electrons. The monoisotopic (exact) mass is 306 g/mol. The number of nitrogens with zero attached hydrogens (tertiary/aromatic N) is 3. The lowest BCUT2D eigenvalue weighted by Gasteiger charge is -2.07. The first-order chi connectivity index (χ1) is 10.8. The molecule has 5 N–H and O–H groups in total. The number of rotatable bonds is 4. The number of aliphatic hydroxyl groups excluding tert-OH is 1. The van der Waals surface area contributed by atoms with Crippen molar-refractivity contribution in [3.8, 4) is 0 Å². The number of benzene rings is 1. The molecule has 8 nitrogen and oxygen atoms in total. The maximum absolute atomic E-state index is 13.2.